The number of amidine groups is 1. The first-order valence-electron chi connectivity index (χ1n) is 6.79. The number of rotatable bonds is 3. The average molecular weight is 318 g/mol. The zero-order valence-corrected chi connectivity index (χ0v) is 12.3. The molecule has 1 aliphatic heterocycles. The van der Waals surface area contributed by atoms with Crippen molar-refractivity contribution in [3.8, 4) is 0 Å². The molecule has 2 aromatic carbocycles. The summed E-state index contributed by atoms with van der Waals surface area (Å²) in [4.78, 5) is 16.5. The molecule has 0 aromatic heterocycles. The molecule has 0 unspecified atom stereocenters. The van der Waals surface area contributed by atoms with Crippen molar-refractivity contribution in [1.29, 1.82) is 0 Å². The van der Waals surface area contributed by atoms with E-state index in [1.165, 1.54) is 18.2 Å². The molecule has 0 atom stereocenters. The van der Waals surface area contributed by atoms with Crippen LogP contribution in [-0.4, -0.2) is 24.8 Å². The van der Waals surface area contributed by atoms with Gasteiger partial charge in [-0.1, -0.05) is 29.8 Å². The van der Waals surface area contributed by atoms with Gasteiger partial charge in [0.1, 0.15) is 11.7 Å². The monoisotopic (exact) mass is 317 g/mol. The number of carbonyl (C=O) groups is 1. The van der Waals surface area contributed by atoms with Crippen molar-refractivity contribution in [2.45, 2.75) is 0 Å². The smallest absolute Gasteiger partial charge is 0.260 e. The molecule has 112 valence electrons. The molecule has 22 heavy (non-hydrogen) atoms. The molecule has 2 aromatic rings. The third-order valence-corrected chi connectivity index (χ3v) is 3.57. The maximum atomic E-state index is 13.8. The lowest BCUT2D eigenvalue weighted by Gasteiger charge is -2.09. The third-order valence-electron chi connectivity index (χ3n) is 3.26. The molecule has 0 saturated carbocycles. The van der Waals surface area contributed by atoms with Crippen LogP contribution in [0.3, 0.4) is 0 Å². The first-order valence-corrected chi connectivity index (χ1v) is 7.17. The Labute approximate surface area is 132 Å². The summed E-state index contributed by atoms with van der Waals surface area (Å²) in [5.74, 6) is -0.440. The van der Waals surface area contributed by atoms with Crippen LogP contribution >= 0.6 is 11.6 Å². The normalized spacial score (nSPS) is 13.5. The van der Waals surface area contributed by atoms with Crippen LogP contribution < -0.4 is 10.6 Å². The summed E-state index contributed by atoms with van der Waals surface area (Å²) in [7, 11) is 0. The quantitative estimate of drug-likeness (QED) is 0.914. The Bertz CT molecular complexity index is 741. The largest absolute Gasteiger partial charge is 0.368 e. The molecule has 1 aliphatic rings. The summed E-state index contributed by atoms with van der Waals surface area (Å²) in [6.45, 7) is 1.54. The number of aliphatic imine (C=N–C) groups is 1. The van der Waals surface area contributed by atoms with E-state index in [1.807, 2.05) is 6.07 Å². The second kappa shape index (κ2) is 6.15. The van der Waals surface area contributed by atoms with Crippen molar-refractivity contribution in [1.82, 2.24) is 5.32 Å². The number of amides is 1. The van der Waals surface area contributed by atoms with Crippen LogP contribution in [0.2, 0.25) is 5.02 Å². The van der Waals surface area contributed by atoms with Gasteiger partial charge in [-0.05, 0) is 24.3 Å². The first-order chi connectivity index (χ1) is 10.6. The summed E-state index contributed by atoms with van der Waals surface area (Å²) in [6, 6.07) is 11.3. The number of nitrogens with zero attached hydrogens (tertiary/aromatic N) is 1. The fourth-order valence-corrected chi connectivity index (χ4v) is 2.49. The molecule has 0 fully saturated rings. The van der Waals surface area contributed by atoms with Crippen LogP contribution in [0.5, 0.6) is 0 Å². The van der Waals surface area contributed by atoms with Crippen LogP contribution in [0.1, 0.15) is 15.9 Å². The molecule has 0 saturated heterocycles. The number of benzene rings is 2. The van der Waals surface area contributed by atoms with Gasteiger partial charge >= 0.3 is 0 Å². The standard InChI is InChI=1S/C16H13ClFN3O/c17-12-5-2-6-13(18)14(12)16(22)21-11-4-1-3-10(9-11)15-19-7-8-20-15/h1-6,9H,7-8H2,(H,19,20)(H,21,22). The molecule has 0 spiro atoms. The Kier molecular flexibility index (Phi) is 4.06. The Morgan fingerprint density at radius 3 is 2.82 bits per heavy atom. The van der Waals surface area contributed by atoms with Gasteiger partial charge in [0, 0.05) is 17.8 Å². The number of carbonyl (C=O) groups excluding carboxylic acids is 1. The number of halogens is 2. The van der Waals surface area contributed by atoms with E-state index < -0.39 is 11.7 Å². The van der Waals surface area contributed by atoms with E-state index in [0.717, 1.165) is 24.5 Å². The van der Waals surface area contributed by atoms with Crippen LogP contribution in [0.25, 0.3) is 0 Å². The number of hydrogen-bond donors (Lipinski definition) is 2. The molecular formula is C16H13ClFN3O. The summed E-state index contributed by atoms with van der Waals surface area (Å²) in [5.41, 5.74) is 1.26. The van der Waals surface area contributed by atoms with E-state index in [9.17, 15) is 9.18 Å². The van der Waals surface area contributed by atoms with Crippen LogP contribution in [0.4, 0.5) is 10.1 Å². The minimum absolute atomic E-state index is 0.0792. The van der Waals surface area contributed by atoms with E-state index in [1.54, 1.807) is 18.2 Å². The van der Waals surface area contributed by atoms with Gasteiger partial charge in [0.05, 0.1) is 17.1 Å². The molecule has 2 N–H and O–H groups in total. The van der Waals surface area contributed by atoms with Gasteiger partial charge in [0.2, 0.25) is 0 Å². The number of hydrogen-bond acceptors (Lipinski definition) is 3. The third kappa shape index (κ3) is 2.94. The van der Waals surface area contributed by atoms with Crippen LogP contribution in [0.15, 0.2) is 47.5 Å². The molecule has 0 radical (unpaired) electrons. The summed E-state index contributed by atoms with van der Waals surface area (Å²) < 4.78 is 13.8. The van der Waals surface area contributed by atoms with E-state index >= 15 is 0 Å². The highest BCUT2D eigenvalue weighted by Crippen LogP contribution is 2.21. The van der Waals surface area contributed by atoms with Gasteiger partial charge in [-0.25, -0.2) is 4.39 Å². The zero-order chi connectivity index (χ0) is 15.5. The van der Waals surface area contributed by atoms with E-state index in [0.29, 0.717) is 5.69 Å². The second-order valence-electron chi connectivity index (χ2n) is 4.79. The lowest BCUT2D eigenvalue weighted by atomic mass is 10.1. The zero-order valence-electron chi connectivity index (χ0n) is 11.6. The van der Waals surface area contributed by atoms with Gasteiger partial charge < -0.3 is 10.6 Å². The maximum Gasteiger partial charge on any atom is 0.260 e. The van der Waals surface area contributed by atoms with Crippen molar-refractivity contribution in [3.05, 3.63) is 64.4 Å². The molecule has 0 aliphatic carbocycles. The number of anilines is 1. The van der Waals surface area contributed by atoms with Crippen molar-refractivity contribution >= 4 is 29.0 Å². The van der Waals surface area contributed by atoms with Gasteiger partial charge in [0.25, 0.3) is 5.91 Å². The highest BCUT2D eigenvalue weighted by Gasteiger charge is 2.16. The van der Waals surface area contributed by atoms with Crippen LogP contribution in [-0.2, 0) is 0 Å². The van der Waals surface area contributed by atoms with Crippen LogP contribution in [0, 0.1) is 5.82 Å². The van der Waals surface area contributed by atoms with Crippen molar-refractivity contribution in [2.75, 3.05) is 18.4 Å². The Morgan fingerprint density at radius 2 is 2.09 bits per heavy atom. The van der Waals surface area contributed by atoms with E-state index in [-0.39, 0.29) is 10.6 Å². The minimum Gasteiger partial charge on any atom is -0.368 e. The Balaban J connectivity index is 1.84. The number of nitrogens with one attached hydrogen (secondary N) is 2. The molecule has 1 heterocycles. The summed E-state index contributed by atoms with van der Waals surface area (Å²) >= 11 is 5.90. The average Bonchev–Trinajstić information content (AvgIpc) is 3.01. The SMILES string of the molecule is O=C(Nc1cccc(C2=NCCN2)c1)c1c(F)cccc1Cl. The highest BCUT2D eigenvalue weighted by atomic mass is 35.5. The fraction of sp³-hybridized carbons (Fsp3) is 0.125. The molecule has 0 bridgehead atoms. The lowest BCUT2D eigenvalue weighted by Crippen LogP contribution is -2.20. The molecule has 6 heteroatoms. The lowest BCUT2D eigenvalue weighted by molar-refractivity contribution is 0.102. The first kappa shape index (κ1) is 14.5. The van der Waals surface area contributed by atoms with E-state index in [2.05, 4.69) is 15.6 Å². The van der Waals surface area contributed by atoms with E-state index in [4.69, 9.17) is 11.6 Å². The maximum absolute atomic E-state index is 13.8. The topological polar surface area (TPSA) is 53.5 Å². The van der Waals surface area contributed by atoms with Crippen molar-refractivity contribution in [3.63, 3.8) is 0 Å². The van der Waals surface area contributed by atoms with Gasteiger partial charge in [0.15, 0.2) is 0 Å². The Hall–Kier alpha value is -2.40. The molecular weight excluding hydrogens is 305 g/mol. The summed E-state index contributed by atoms with van der Waals surface area (Å²) in [5, 5.41) is 5.90. The van der Waals surface area contributed by atoms with Crippen molar-refractivity contribution < 1.29 is 9.18 Å². The summed E-state index contributed by atoms with van der Waals surface area (Å²) in [6.07, 6.45) is 0. The Morgan fingerprint density at radius 1 is 1.27 bits per heavy atom. The molecule has 1 amide bonds. The van der Waals surface area contributed by atoms with Gasteiger partial charge in [-0.2, -0.15) is 0 Å². The predicted octanol–water partition coefficient (Wildman–Crippen LogP) is 3.08. The molecule has 3 rings (SSSR count). The van der Waals surface area contributed by atoms with Crippen molar-refractivity contribution in [2.24, 2.45) is 4.99 Å². The molecule has 4 nitrogen and oxygen atoms in total. The van der Waals surface area contributed by atoms with Gasteiger partial charge in [-0.3, -0.25) is 9.79 Å². The fourth-order valence-electron chi connectivity index (χ4n) is 2.24. The second-order valence-corrected chi connectivity index (χ2v) is 5.20. The van der Waals surface area contributed by atoms with Gasteiger partial charge in [-0.15, -0.1) is 0 Å². The minimum atomic E-state index is -0.650. The predicted molar refractivity (Wildman–Crippen MR) is 85.2 cm³/mol. The highest BCUT2D eigenvalue weighted by molar-refractivity contribution is 6.34.